The van der Waals surface area contributed by atoms with Crippen LogP contribution in [0.25, 0.3) is 0 Å². The highest BCUT2D eigenvalue weighted by Gasteiger charge is 2.32. The molecule has 76 valence electrons. The van der Waals surface area contributed by atoms with Gasteiger partial charge in [0.05, 0.1) is 12.0 Å². The van der Waals surface area contributed by atoms with E-state index < -0.39 is 18.0 Å². The summed E-state index contributed by atoms with van der Waals surface area (Å²) >= 11 is 0. The lowest BCUT2D eigenvalue weighted by molar-refractivity contribution is -0.148. The summed E-state index contributed by atoms with van der Waals surface area (Å²) in [4.78, 5) is 10.9. The van der Waals surface area contributed by atoms with Crippen molar-refractivity contribution in [1.82, 2.24) is 0 Å². The van der Waals surface area contributed by atoms with E-state index in [0.29, 0.717) is 0 Å². The van der Waals surface area contributed by atoms with Gasteiger partial charge < -0.3 is 10.2 Å². The van der Waals surface area contributed by atoms with Crippen LogP contribution in [-0.4, -0.2) is 22.3 Å². The molecule has 0 aromatic heterocycles. The van der Waals surface area contributed by atoms with Crippen LogP contribution >= 0.6 is 0 Å². The molecule has 2 N–H and O–H groups in total. The average Bonchev–Trinajstić information content (AvgIpc) is 2.04. The maximum Gasteiger partial charge on any atom is 0.309 e. The Morgan fingerprint density at radius 3 is 2.23 bits per heavy atom. The van der Waals surface area contributed by atoms with Crippen molar-refractivity contribution in [3.05, 3.63) is 0 Å². The molecule has 3 nitrogen and oxygen atoms in total. The molecule has 0 spiro atoms. The Balaban J connectivity index is 2.57. The maximum atomic E-state index is 10.9. The molecule has 0 saturated heterocycles. The number of aliphatic hydroxyl groups is 1. The standard InChI is InChI=1S/C10H18O3/c1-7(11)9(10(12)13)8-5-3-2-4-6-8/h7-9,11H,2-6H2,1H3,(H,12,13)/t7-,9-/m0/s1. The summed E-state index contributed by atoms with van der Waals surface area (Å²) in [6, 6.07) is 0. The first kappa shape index (κ1) is 10.5. The number of carboxylic acids is 1. The van der Waals surface area contributed by atoms with Crippen LogP contribution in [0, 0.1) is 11.8 Å². The highest BCUT2D eigenvalue weighted by atomic mass is 16.4. The van der Waals surface area contributed by atoms with Crippen LogP contribution in [0.5, 0.6) is 0 Å². The number of carbonyl (C=O) groups is 1. The normalized spacial score (nSPS) is 23.8. The smallest absolute Gasteiger partial charge is 0.309 e. The molecule has 0 amide bonds. The summed E-state index contributed by atoms with van der Waals surface area (Å²) in [5.41, 5.74) is 0. The van der Waals surface area contributed by atoms with Gasteiger partial charge >= 0.3 is 5.97 Å². The van der Waals surface area contributed by atoms with Gasteiger partial charge in [0, 0.05) is 0 Å². The third-order valence-electron chi connectivity index (χ3n) is 2.96. The van der Waals surface area contributed by atoms with Gasteiger partial charge in [0.25, 0.3) is 0 Å². The largest absolute Gasteiger partial charge is 0.481 e. The highest BCUT2D eigenvalue weighted by molar-refractivity contribution is 5.71. The molecule has 0 aromatic rings. The van der Waals surface area contributed by atoms with Gasteiger partial charge in [-0.25, -0.2) is 0 Å². The van der Waals surface area contributed by atoms with E-state index in [1.54, 1.807) is 6.92 Å². The zero-order valence-electron chi connectivity index (χ0n) is 8.07. The first-order valence-electron chi connectivity index (χ1n) is 5.04. The quantitative estimate of drug-likeness (QED) is 0.704. The van der Waals surface area contributed by atoms with Crippen LogP contribution in [-0.2, 0) is 4.79 Å². The van der Waals surface area contributed by atoms with E-state index in [-0.39, 0.29) is 5.92 Å². The van der Waals surface area contributed by atoms with Crippen LogP contribution in [0.4, 0.5) is 0 Å². The fourth-order valence-corrected chi connectivity index (χ4v) is 2.30. The van der Waals surface area contributed by atoms with E-state index in [1.165, 1.54) is 6.42 Å². The molecule has 2 atom stereocenters. The minimum absolute atomic E-state index is 0.186. The zero-order valence-corrected chi connectivity index (χ0v) is 8.07. The zero-order chi connectivity index (χ0) is 9.84. The molecule has 0 aromatic carbocycles. The van der Waals surface area contributed by atoms with Gasteiger partial charge in [-0.2, -0.15) is 0 Å². The van der Waals surface area contributed by atoms with Crippen molar-refractivity contribution in [3.63, 3.8) is 0 Å². The van der Waals surface area contributed by atoms with Crippen molar-refractivity contribution in [2.45, 2.75) is 45.1 Å². The summed E-state index contributed by atoms with van der Waals surface area (Å²) < 4.78 is 0. The Labute approximate surface area is 78.8 Å². The molecule has 0 heterocycles. The molecule has 0 aliphatic heterocycles. The summed E-state index contributed by atoms with van der Waals surface area (Å²) in [5, 5.41) is 18.3. The Bertz CT molecular complexity index is 171. The summed E-state index contributed by atoms with van der Waals surface area (Å²) in [6.07, 6.45) is 4.63. The molecule has 1 saturated carbocycles. The molecule has 0 bridgehead atoms. The number of aliphatic carboxylic acids is 1. The van der Waals surface area contributed by atoms with Crippen molar-refractivity contribution in [1.29, 1.82) is 0 Å². The van der Waals surface area contributed by atoms with Gasteiger partial charge in [-0.1, -0.05) is 19.3 Å². The van der Waals surface area contributed by atoms with Gasteiger partial charge in [0.2, 0.25) is 0 Å². The number of hydrogen-bond donors (Lipinski definition) is 2. The monoisotopic (exact) mass is 186 g/mol. The van der Waals surface area contributed by atoms with E-state index in [2.05, 4.69) is 0 Å². The summed E-state index contributed by atoms with van der Waals surface area (Å²) in [6.45, 7) is 1.58. The van der Waals surface area contributed by atoms with E-state index in [0.717, 1.165) is 25.7 Å². The first-order valence-corrected chi connectivity index (χ1v) is 5.04. The minimum atomic E-state index is -0.845. The van der Waals surface area contributed by atoms with Crippen LogP contribution in [0.2, 0.25) is 0 Å². The molecule has 1 aliphatic rings. The third-order valence-corrected chi connectivity index (χ3v) is 2.96. The maximum absolute atomic E-state index is 10.9. The minimum Gasteiger partial charge on any atom is -0.481 e. The molecule has 0 unspecified atom stereocenters. The lowest BCUT2D eigenvalue weighted by atomic mass is 9.78. The number of carboxylic acid groups (broad SMARTS) is 1. The fourth-order valence-electron chi connectivity index (χ4n) is 2.30. The molecule has 0 radical (unpaired) electrons. The van der Waals surface area contributed by atoms with Gasteiger partial charge in [0.15, 0.2) is 0 Å². The van der Waals surface area contributed by atoms with Gasteiger partial charge in [0.1, 0.15) is 0 Å². The lowest BCUT2D eigenvalue weighted by Crippen LogP contribution is -2.34. The Hall–Kier alpha value is -0.570. The second kappa shape index (κ2) is 4.61. The van der Waals surface area contributed by atoms with E-state index >= 15 is 0 Å². The van der Waals surface area contributed by atoms with Gasteiger partial charge in [-0.3, -0.25) is 4.79 Å². The summed E-state index contributed by atoms with van der Waals surface area (Å²) in [5.74, 6) is -1.21. The van der Waals surface area contributed by atoms with Gasteiger partial charge in [-0.05, 0) is 25.7 Å². The van der Waals surface area contributed by atoms with Crippen molar-refractivity contribution in [2.75, 3.05) is 0 Å². The molecule has 13 heavy (non-hydrogen) atoms. The van der Waals surface area contributed by atoms with Crippen LogP contribution in [0.3, 0.4) is 0 Å². The number of hydrogen-bond acceptors (Lipinski definition) is 2. The van der Waals surface area contributed by atoms with E-state index in [1.807, 2.05) is 0 Å². The third kappa shape index (κ3) is 2.69. The topological polar surface area (TPSA) is 57.5 Å². The average molecular weight is 186 g/mol. The first-order chi connectivity index (χ1) is 6.13. The lowest BCUT2D eigenvalue weighted by Gasteiger charge is -2.29. The van der Waals surface area contributed by atoms with Crippen LogP contribution < -0.4 is 0 Å². The molecule has 1 rings (SSSR count). The van der Waals surface area contributed by atoms with Crippen molar-refractivity contribution in [3.8, 4) is 0 Å². The second-order valence-electron chi connectivity index (χ2n) is 4.00. The van der Waals surface area contributed by atoms with E-state index in [4.69, 9.17) is 5.11 Å². The SMILES string of the molecule is C[C@H](O)[C@H](C(=O)O)C1CCCCC1. The van der Waals surface area contributed by atoms with Gasteiger partial charge in [-0.15, -0.1) is 0 Å². The molecular formula is C10H18O3. The van der Waals surface area contributed by atoms with Crippen LogP contribution in [0.1, 0.15) is 39.0 Å². The van der Waals surface area contributed by atoms with Crippen molar-refractivity contribution in [2.24, 2.45) is 11.8 Å². The van der Waals surface area contributed by atoms with Crippen molar-refractivity contribution < 1.29 is 15.0 Å². The Morgan fingerprint density at radius 1 is 1.31 bits per heavy atom. The Kier molecular flexibility index (Phi) is 3.72. The van der Waals surface area contributed by atoms with Crippen molar-refractivity contribution >= 4 is 5.97 Å². The van der Waals surface area contributed by atoms with Crippen LogP contribution in [0.15, 0.2) is 0 Å². The molecular weight excluding hydrogens is 168 g/mol. The Morgan fingerprint density at radius 2 is 1.85 bits per heavy atom. The fraction of sp³-hybridized carbons (Fsp3) is 0.900. The van der Waals surface area contributed by atoms with E-state index in [9.17, 15) is 9.90 Å². The molecule has 3 heteroatoms. The second-order valence-corrected chi connectivity index (χ2v) is 4.00. The summed E-state index contributed by atoms with van der Waals surface area (Å²) in [7, 11) is 0. The highest BCUT2D eigenvalue weighted by Crippen LogP contribution is 2.31. The molecule has 1 aliphatic carbocycles. The number of rotatable bonds is 3. The number of aliphatic hydroxyl groups excluding tert-OH is 1. The molecule has 1 fully saturated rings. The predicted molar refractivity (Wildman–Crippen MR) is 49.4 cm³/mol. The predicted octanol–water partition coefficient (Wildman–Crippen LogP) is 1.65.